The van der Waals surface area contributed by atoms with Crippen LogP contribution in [0, 0.1) is 5.92 Å². The number of aromatic nitrogens is 4. The third-order valence-electron chi connectivity index (χ3n) is 5.15. The van der Waals surface area contributed by atoms with Gasteiger partial charge < -0.3 is 5.11 Å². The summed E-state index contributed by atoms with van der Waals surface area (Å²) in [6.45, 7) is 4.10. The van der Waals surface area contributed by atoms with E-state index in [2.05, 4.69) is 4.98 Å². The molecule has 33 heavy (non-hydrogen) atoms. The Morgan fingerprint density at radius 3 is 2.52 bits per heavy atom. The first-order valence-corrected chi connectivity index (χ1v) is 11.9. The molecule has 178 valence electrons. The van der Waals surface area contributed by atoms with Crippen LogP contribution in [0.1, 0.15) is 29.1 Å². The highest BCUT2D eigenvalue weighted by Gasteiger charge is 2.33. The molecule has 0 bridgehead atoms. The van der Waals surface area contributed by atoms with Gasteiger partial charge in [-0.25, -0.2) is 14.8 Å². The zero-order valence-corrected chi connectivity index (χ0v) is 20.9. The van der Waals surface area contributed by atoms with Gasteiger partial charge in [-0.2, -0.15) is 0 Å². The van der Waals surface area contributed by atoms with E-state index >= 15 is 0 Å². The van der Waals surface area contributed by atoms with Crippen LogP contribution in [0.3, 0.4) is 0 Å². The molecule has 0 unspecified atom stereocenters. The summed E-state index contributed by atoms with van der Waals surface area (Å²) in [6.07, 6.45) is -0.847. The van der Waals surface area contributed by atoms with Crippen molar-refractivity contribution in [1.29, 1.82) is 0 Å². The fourth-order valence-corrected chi connectivity index (χ4v) is 5.59. The number of hydrogen-bond acceptors (Lipinski definition) is 7. The number of β-amino-alcohol motifs (C(OH)–C–C–N with tert-alkyl or cyclic N) is 1. The van der Waals surface area contributed by atoms with E-state index in [1.54, 1.807) is 0 Å². The van der Waals surface area contributed by atoms with Crippen molar-refractivity contribution >= 4 is 62.3 Å². The molecule has 0 aliphatic carbocycles. The number of carbonyl (C=O) groups excluding carboxylic acids is 1. The lowest BCUT2D eigenvalue weighted by atomic mass is 10.1. The van der Waals surface area contributed by atoms with Gasteiger partial charge in [0, 0.05) is 18.5 Å². The average molecular weight is 537 g/mol. The van der Waals surface area contributed by atoms with E-state index in [0.717, 1.165) is 21.0 Å². The number of imidazole rings is 1. The summed E-state index contributed by atoms with van der Waals surface area (Å²) in [7, 11) is 1.37. The molecule has 4 rings (SSSR count). The lowest BCUT2D eigenvalue weighted by Gasteiger charge is -2.15. The number of hydrogen-bond donors (Lipinski definition) is 1. The molecule has 1 N–H and O–H groups in total. The van der Waals surface area contributed by atoms with E-state index < -0.39 is 23.3 Å². The summed E-state index contributed by atoms with van der Waals surface area (Å²) >= 11 is 19.5. The Bertz CT molecular complexity index is 1380. The minimum atomic E-state index is -0.847. The van der Waals surface area contributed by atoms with Crippen molar-refractivity contribution in [2.45, 2.75) is 33.0 Å². The van der Waals surface area contributed by atoms with Crippen LogP contribution in [0.2, 0.25) is 15.6 Å². The smallest absolute Gasteiger partial charge is 0.331 e. The molecule has 10 nitrogen and oxygen atoms in total. The predicted molar refractivity (Wildman–Crippen MR) is 126 cm³/mol. The van der Waals surface area contributed by atoms with Crippen LogP contribution >= 0.6 is 46.1 Å². The standard InChI is InChI=1S/C19H20Cl3N5O5S/c1-8(2)4-26-17-12(15(29)24(3)19(26)31)11(16(30)27-5-9(28)7-32-27)10(33-17)6-25-14(21)13(20)23-18(25)22/h8-9,28H,4-7H2,1-3H3/t9-/m0/s1. The highest BCUT2D eigenvalue weighted by molar-refractivity contribution is 7.19. The van der Waals surface area contributed by atoms with Crippen molar-refractivity contribution in [1.82, 2.24) is 23.7 Å². The molecule has 4 heterocycles. The largest absolute Gasteiger partial charge is 0.389 e. The number of amides is 1. The molecular formula is C19H20Cl3N5O5S. The highest BCUT2D eigenvalue weighted by Crippen LogP contribution is 2.34. The summed E-state index contributed by atoms with van der Waals surface area (Å²) in [6, 6.07) is 0. The number of hydroxylamine groups is 2. The van der Waals surface area contributed by atoms with Crippen LogP contribution in [-0.4, -0.2) is 54.0 Å². The first-order valence-electron chi connectivity index (χ1n) is 9.96. The summed E-state index contributed by atoms with van der Waals surface area (Å²) in [5.74, 6) is -0.514. The van der Waals surface area contributed by atoms with Crippen molar-refractivity contribution in [3.63, 3.8) is 0 Å². The maximum absolute atomic E-state index is 13.5. The molecule has 1 amide bonds. The number of nitrogens with zero attached hydrogens (tertiary/aromatic N) is 5. The summed E-state index contributed by atoms with van der Waals surface area (Å²) in [5, 5.41) is 11.0. The van der Waals surface area contributed by atoms with Gasteiger partial charge in [0.2, 0.25) is 5.28 Å². The monoisotopic (exact) mass is 535 g/mol. The van der Waals surface area contributed by atoms with Crippen molar-refractivity contribution < 1.29 is 14.7 Å². The Hall–Kier alpha value is -1.89. The van der Waals surface area contributed by atoms with Crippen LogP contribution in [0.5, 0.6) is 0 Å². The van der Waals surface area contributed by atoms with E-state index in [1.165, 1.54) is 16.2 Å². The summed E-state index contributed by atoms with van der Waals surface area (Å²) in [5.41, 5.74) is -1.04. The third-order valence-corrected chi connectivity index (χ3v) is 7.38. The maximum atomic E-state index is 13.5. The first kappa shape index (κ1) is 24.2. The first-order chi connectivity index (χ1) is 15.5. The van der Waals surface area contributed by atoms with Gasteiger partial charge in [-0.1, -0.05) is 37.0 Å². The Labute approximate surface area is 206 Å². The number of thiophene rings is 1. The molecule has 1 atom stereocenters. The number of aliphatic hydroxyl groups is 1. The third kappa shape index (κ3) is 4.22. The quantitative estimate of drug-likeness (QED) is 0.536. The normalized spacial score (nSPS) is 16.5. The topological polar surface area (TPSA) is 112 Å². The van der Waals surface area contributed by atoms with Gasteiger partial charge in [0.25, 0.3) is 11.5 Å². The second kappa shape index (κ2) is 9.05. The van der Waals surface area contributed by atoms with Crippen molar-refractivity contribution in [2.75, 3.05) is 13.2 Å². The van der Waals surface area contributed by atoms with Crippen molar-refractivity contribution in [2.24, 2.45) is 13.0 Å². The molecule has 0 aromatic carbocycles. The summed E-state index contributed by atoms with van der Waals surface area (Å²) < 4.78 is 3.85. The van der Waals surface area contributed by atoms with E-state index in [1.807, 2.05) is 13.8 Å². The van der Waals surface area contributed by atoms with Gasteiger partial charge in [-0.05, 0) is 17.5 Å². The van der Waals surface area contributed by atoms with Crippen LogP contribution < -0.4 is 11.2 Å². The molecular weight excluding hydrogens is 517 g/mol. The zero-order chi connectivity index (χ0) is 24.2. The number of aliphatic hydroxyl groups excluding tert-OH is 1. The number of fused-ring (bicyclic) bond motifs is 1. The van der Waals surface area contributed by atoms with E-state index in [0.29, 0.717) is 16.3 Å². The van der Waals surface area contributed by atoms with Crippen LogP contribution in [0.25, 0.3) is 10.2 Å². The van der Waals surface area contributed by atoms with Crippen molar-refractivity contribution in [3.05, 3.63) is 46.9 Å². The molecule has 3 aromatic rings. The molecule has 0 spiro atoms. The average Bonchev–Trinajstić information content (AvgIpc) is 3.41. The fourth-order valence-electron chi connectivity index (χ4n) is 3.64. The Balaban J connectivity index is 2.01. The van der Waals surface area contributed by atoms with Crippen molar-refractivity contribution in [3.8, 4) is 0 Å². The number of carbonyl (C=O) groups is 1. The van der Waals surface area contributed by atoms with Gasteiger partial charge in [-0.15, -0.1) is 11.3 Å². The van der Waals surface area contributed by atoms with Gasteiger partial charge in [-0.3, -0.25) is 28.1 Å². The molecule has 3 aromatic heterocycles. The maximum Gasteiger partial charge on any atom is 0.331 e. The SMILES string of the molecule is CC(C)Cn1c(=O)n(C)c(=O)c2c(C(=O)N3C[C@H](O)CO3)c(Cn3c(Cl)nc(Cl)c3Cl)sc21. The van der Waals surface area contributed by atoms with Gasteiger partial charge in [0.15, 0.2) is 5.15 Å². The second-order valence-corrected chi connectivity index (χ2v) is 10.2. The highest BCUT2D eigenvalue weighted by atomic mass is 35.5. The van der Waals surface area contributed by atoms with Gasteiger partial charge in [0.1, 0.15) is 22.7 Å². The van der Waals surface area contributed by atoms with Crippen LogP contribution in [0.15, 0.2) is 9.59 Å². The molecule has 0 saturated carbocycles. The predicted octanol–water partition coefficient (Wildman–Crippen LogP) is 2.37. The number of halogens is 3. The number of rotatable bonds is 5. The fraction of sp³-hybridized carbons (Fsp3) is 0.474. The van der Waals surface area contributed by atoms with Gasteiger partial charge >= 0.3 is 5.69 Å². The minimum Gasteiger partial charge on any atom is -0.389 e. The second-order valence-electron chi connectivity index (χ2n) is 8.10. The zero-order valence-electron chi connectivity index (χ0n) is 17.8. The molecule has 1 aliphatic heterocycles. The van der Waals surface area contributed by atoms with E-state index in [4.69, 9.17) is 39.6 Å². The van der Waals surface area contributed by atoms with E-state index in [9.17, 15) is 19.5 Å². The van der Waals surface area contributed by atoms with Crippen LogP contribution in [0.4, 0.5) is 0 Å². The Kier molecular flexibility index (Phi) is 6.64. The minimum absolute atomic E-state index is 0.00109. The molecule has 1 fully saturated rings. The van der Waals surface area contributed by atoms with Gasteiger partial charge in [0.05, 0.1) is 24.0 Å². The Morgan fingerprint density at radius 2 is 1.97 bits per heavy atom. The molecule has 1 saturated heterocycles. The Morgan fingerprint density at radius 1 is 1.27 bits per heavy atom. The lowest BCUT2D eigenvalue weighted by Crippen LogP contribution is -2.39. The molecule has 14 heteroatoms. The molecule has 1 aliphatic rings. The van der Waals surface area contributed by atoms with Crippen LogP contribution in [-0.2, 0) is 25.0 Å². The van der Waals surface area contributed by atoms with E-state index in [-0.39, 0.29) is 52.2 Å². The lowest BCUT2D eigenvalue weighted by molar-refractivity contribution is -0.0778. The molecule has 0 radical (unpaired) electrons. The summed E-state index contributed by atoms with van der Waals surface area (Å²) in [4.78, 5) is 49.6.